The summed E-state index contributed by atoms with van der Waals surface area (Å²) in [6.07, 6.45) is -0.329. The first kappa shape index (κ1) is 23.6. The van der Waals surface area contributed by atoms with Gasteiger partial charge in [0, 0.05) is 38.6 Å². The van der Waals surface area contributed by atoms with Gasteiger partial charge in [0.2, 0.25) is 0 Å². The number of carbonyl (C=O) groups is 1. The van der Waals surface area contributed by atoms with Gasteiger partial charge in [-0.3, -0.25) is 14.3 Å². The van der Waals surface area contributed by atoms with Crippen molar-refractivity contribution in [1.29, 1.82) is 0 Å². The first-order valence-corrected chi connectivity index (χ1v) is 11.4. The summed E-state index contributed by atoms with van der Waals surface area (Å²) in [5.74, 6) is 0.313. The monoisotopic (exact) mass is 490 g/mol. The third kappa shape index (κ3) is 4.33. The molecule has 1 aliphatic rings. The summed E-state index contributed by atoms with van der Waals surface area (Å²) in [5.41, 5.74) is 3.31. The molecule has 1 saturated heterocycles. The van der Waals surface area contributed by atoms with E-state index in [0.29, 0.717) is 34.9 Å². The number of nitrogens with one attached hydrogen (secondary N) is 3. The van der Waals surface area contributed by atoms with Gasteiger partial charge in [0.25, 0.3) is 5.91 Å². The topological polar surface area (TPSA) is 159 Å². The number of benzene rings is 1. The lowest BCUT2D eigenvalue weighted by Crippen LogP contribution is -2.41. The van der Waals surface area contributed by atoms with Crippen LogP contribution in [-0.2, 0) is 16.1 Å². The Kier molecular flexibility index (Phi) is 6.46. The van der Waals surface area contributed by atoms with E-state index in [1.807, 2.05) is 36.4 Å². The summed E-state index contributed by atoms with van der Waals surface area (Å²) in [6.45, 7) is 0.494. The van der Waals surface area contributed by atoms with E-state index in [2.05, 4.69) is 25.9 Å². The summed E-state index contributed by atoms with van der Waals surface area (Å²) < 4.78 is 7.25. The first-order chi connectivity index (χ1) is 17.5. The van der Waals surface area contributed by atoms with Crippen LogP contribution in [0.1, 0.15) is 11.8 Å². The van der Waals surface area contributed by atoms with E-state index in [9.17, 15) is 15.0 Å². The zero-order valence-electron chi connectivity index (χ0n) is 19.7. The van der Waals surface area contributed by atoms with E-state index in [1.165, 1.54) is 17.9 Å². The number of imidazole rings is 1. The molecule has 4 heterocycles. The van der Waals surface area contributed by atoms with Crippen LogP contribution in [0.5, 0.6) is 0 Å². The van der Waals surface area contributed by atoms with Crippen molar-refractivity contribution in [2.45, 2.75) is 31.1 Å². The van der Waals surface area contributed by atoms with Crippen molar-refractivity contribution >= 4 is 28.6 Å². The smallest absolute Gasteiger partial charge is 0.251 e. The van der Waals surface area contributed by atoms with Crippen LogP contribution >= 0.6 is 0 Å². The fourth-order valence-corrected chi connectivity index (χ4v) is 4.08. The maximum Gasteiger partial charge on any atom is 0.251 e. The molecule has 0 radical (unpaired) electrons. The molecule has 3 aromatic heterocycles. The molecule has 0 bridgehead atoms. The molecule has 36 heavy (non-hydrogen) atoms. The molecular formula is C24H26N8O4. The Labute approximate surface area is 206 Å². The molecule has 12 nitrogen and oxygen atoms in total. The fourth-order valence-electron chi connectivity index (χ4n) is 4.08. The second-order valence-corrected chi connectivity index (χ2v) is 8.31. The van der Waals surface area contributed by atoms with Gasteiger partial charge in [0.05, 0.1) is 12.0 Å². The Morgan fingerprint density at radius 2 is 1.92 bits per heavy atom. The molecule has 186 valence electrons. The molecule has 1 aromatic carbocycles. The molecule has 0 aliphatic carbocycles. The normalized spacial score (nSPS) is 21.4. The van der Waals surface area contributed by atoms with E-state index >= 15 is 0 Å². The van der Waals surface area contributed by atoms with Gasteiger partial charge in [0.15, 0.2) is 35.1 Å². The van der Waals surface area contributed by atoms with Gasteiger partial charge >= 0.3 is 0 Å². The van der Waals surface area contributed by atoms with Crippen LogP contribution < -0.4 is 16.0 Å². The zero-order valence-corrected chi connectivity index (χ0v) is 19.7. The number of carbonyl (C=O) groups excluding carboxylic acids is 1. The summed E-state index contributed by atoms with van der Waals surface area (Å²) in [5, 5.41) is 29.9. The number of nitrogens with zero attached hydrogens (tertiary/aromatic N) is 5. The SMILES string of the molecule is CNC(=O)[C@@H]1OC(n2cnc3c(NCc4ccccc4)nc(-c4cncc(NC)c4)nc32)C(O)C1O. The molecule has 1 fully saturated rings. The number of likely N-dealkylation sites (N-methyl/N-ethyl adjacent to an activating group) is 1. The van der Waals surface area contributed by atoms with Crippen LogP contribution in [-0.4, -0.2) is 73.0 Å². The van der Waals surface area contributed by atoms with Crippen molar-refractivity contribution in [3.8, 4) is 11.4 Å². The molecule has 5 rings (SSSR count). The number of hydrogen-bond acceptors (Lipinski definition) is 10. The van der Waals surface area contributed by atoms with Crippen LogP contribution in [0, 0.1) is 0 Å². The second kappa shape index (κ2) is 9.85. The van der Waals surface area contributed by atoms with Crippen molar-refractivity contribution in [3.05, 3.63) is 60.7 Å². The highest BCUT2D eigenvalue weighted by Crippen LogP contribution is 2.33. The molecule has 4 aromatic rings. The molecule has 0 saturated carbocycles. The van der Waals surface area contributed by atoms with Crippen LogP contribution in [0.25, 0.3) is 22.6 Å². The molecular weight excluding hydrogens is 464 g/mol. The minimum Gasteiger partial charge on any atom is -0.387 e. The van der Waals surface area contributed by atoms with E-state index in [4.69, 9.17) is 14.7 Å². The molecule has 1 amide bonds. The van der Waals surface area contributed by atoms with Gasteiger partial charge in [-0.15, -0.1) is 0 Å². The highest BCUT2D eigenvalue weighted by Gasteiger charge is 2.47. The Morgan fingerprint density at radius 1 is 1.11 bits per heavy atom. The number of ether oxygens (including phenoxy) is 1. The van der Waals surface area contributed by atoms with Gasteiger partial charge in [-0.1, -0.05) is 30.3 Å². The molecule has 5 N–H and O–H groups in total. The highest BCUT2D eigenvalue weighted by atomic mass is 16.6. The third-order valence-corrected chi connectivity index (χ3v) is 6.03. The number of fused-ring (bicyclic) bond motifs is 1. The minimum absolute atomic E-state index is 0.360. The predicted octanol–water partition coefficient (Wildman–Crippen LogP) is 0.907. The number of anilines is 2. The lowest BCUT2D eigenvalue weighted by molar-refractivity contribution is -0.137. The predicted molar refractivity (Wildman–Crippen MR) is 132 cm³/mol. The van der Waals surface area contributed by atoms with Crippen LogP contribution in [0.4, 0.5) is 11.5 Å². The van der Waals surface area contributed by atoms with E-state index in [0.717, 1.165) is 11.3 Å². The maximum absolute atomic E-state index is 12.1. The lowest BCUT2D eigenvalue weighted by atomic mass is 10.1. The van der Waals surface area contributed by atoms with Crippen LogP contribution in [0.3, 0.4) is 0 Å². The third-order valence-electron chi connectivity index (χ3n) is 6.03. The lowest BCUT2D eigenvalue weighted by Gasteiger charge is -2.17. The van der Waals surface area contributed by atoms with Gasteiger partial charge in [-0.05, 0) is 11.6 Å². The van der Waals surface area contributed by atoms with E-state index in [-0.39, 0.29) is 0 Å². The maximum atomic E-state index is 12.1. The molecule has 4 atom stereocenters. The Morgan fingerprint density at radius 3 is 2.67 bits per heavy atom. The Hall–Kier alpha value is -4.13. The zero-order chi connectivity index (χ0) is 25.2. The van der Waals surface area contributed by atoms with Crippen molar-refractivity contribution in [2.24, 2.45) is 0 Å². The van der Waals surface area contributed by atoms with Gasteiger partial charge in [0.1, 0.15) is 12.2 Å². The average Bonchev–Trinajstić information content (AvgIpc) is 3.48. The average molecular weight is 491 g/mol. The summed E-state index contributed by atoms with van der Waals surface area (Å²) >= 11 is 0. The van der Waals surface area contributed by atoms with E-state index in [1.54, 1.807) is 19.4 Å². The minimum atomic E-state index is -1.42. The van der Waals surface area contributed by atoms with Crippen molar-refractivity contribution in [2.75, 3.05) is 24.7 Å². The largest absolute Gasteiger partial charge is 0.387 e. The fraction of sp³-hybridized carbons (Fsp3) is 0.292. The molecule has 3 unspecified atom stereocenters. The highest BCUT2D eigenvalue weighted by molar-refractivity contribution is 5.85. The standard InChI is InChI=1S/C24H26N8O4/c1-25-15-8-14(10-27-11-15)20-30-21(28-9-13-6-4-3-5-7-13)16-22(31-20)32(12-29-16)24-18(34)17(33)19(36-24)23(35)26-2/h3-8,10-12,17-19,24-25,33-34H,9H2,1-2H3,(H,26,35)(H,28,30,31)/t17?,18?,19-,24?/m1/s1. The van der Waals surface area contributed by atoms with Crippen molar-refractivity contribution in [1.82, 2.24) is 29.8 Å². The van der Waals surface area contributed by atoms with Crippen LogP contribution in [0.2, 0.25) is 0 Å². The number of amides is 1. The van der Waals surface area contributed by atoms with Crippen molar-refractivity contribution in [3.63, 3.8) is 0 Å². The quantitative estimate of drug-likeness (QED) is 0.252. The Balaban J connectivity index is 1.59. The number of aromatic nitrogens is 5. The second-order valence-electron chi connectivity index (χ2n) is 8.31. The summed E-state index contributed by atoms with van der Waals surface area (Å²) in [7, 11) is 3.22. The van der Waals surface area contributed by atoms with Crippen molar-refractivity contribution < 1.29 is 19.7 Å². The first-order valence-electron chi connectivity index (χ1n) is 11.4. The number of aliphatic hydroxyl groups is 2. The van der Waals surface area contributed by atoms with Gasteiger partial charge in [-0.2, -0.15) is 0 Å². The number of pyridine rings is 1. The number of rotatable bonds is 7. The molecule has 12 heteroatoms. The van der Waals surface area contributed by atoms with E-state index < -0.39 is 30.4 Å². The number of aliphatic hydroxyl groups excluding tert-OH is 2. The number of hydrogen-bond donors (Lipinski definition) is 5. The summed E-state index contributed by atoms with van der Waals surface area (Å²) in [6, 6.07) is 11.7. The van der Waals surface area contributed by atoms with Gasteiger partial charge < -0.3 is 30.9 Å². The van der Waals surface area contributed by atoms with Gasteiger partial charge in [-0.25, -0.2) is 15.0 Å². The summed E-state index contributed by atoms with van der Waals surface area (Å²) in [4.78, 5) is 30.3. The molecule has 0 spiro atoms. The molecule has 1 aliphatic heterocycles. The van der Waals surface area contributed by atoms with Crippen LogP contribution in [0.15, 0.2) is 55.1 Å². The Bertz CT molecular complexity index is 1380.